The van der Waals surface area contributed by atoms with Crippen molar-refractivity contribution in [2.75, 3.05) is 6.79 Å². The molecule has 1 aliphatic rings. The van der Waals surface area contributed by atoms with E-state index < -0.39 is 0 Å². The Kier molecular flexibility index (Phi) is 2.61. The highest BCUT2D eigenvalue weighted by Crippen LogP contribution is 2.32. The van der Waals surface area contributed by atoms with Gasteiger partial charge in [0.15, 0.2) is 11.5 Å². The van der Waals surface area contributed by atoms with Crippen LogP contribution in [0.5, 0.6) is 17.2 Å². The SMILES string of the molecule is Oc1ccc(N=Cc2ccc3c(c2)OCO3)cc1. The fraction of sp³-hybridized carbons (Fsp3) is 0.0714. The van der Waals surface area contributed by atoms with E-state index in [2.05, 4.69) is 4.99 Å². The molecule has 0 aliphatic carbocycles. The quantitative estimate of drug-likeness (QED) is 0.822. The first-order chi connectivity index (χ1) is 8.81. The van der Waals surface area contributed by atoms with Crippen LogP contribution in [-0.4, -0.2) is 18.1 Å². The van der Waals surface area contributed by atoms with E-state index in [0.29, 0.717) is 0 Å². The Labute approximate surface area is 104 Å². The van der Waals surface area contributed by atoms with Crippen molar-refractivity contribution in [2.24, 2.45) is 4.99 Å². The largest absolute Gasteiger partial charge is 0.508 e. The van der Waals surface area contributed by atoms with Crippen LogP contribution in [0, 0.1) is 0 Å². The van der Waals surface area contributed by atoms with E-state index in [1.807, 2.05) is 18.2 Å². The molecule has 0 fully saturated rings. The summed E-state index contributed by atoms with van der Waals surface area (Å²) in [6, 6.07) is 12.4. The molecule has 4 heteroatoms. The summed E-state index contributed by atoms with van der Waals surface area (Å²) in [5.41, 5.74) is 1.72. The molecular formula is C14H11NO3. The summed E-state index contributed by atoms with van der Waals surface area (Å²) < 4.78 is 10.5. The molecule has 0 radical (unpaired) electrons. The van der Waals surface area contributed by atoms with Crippen LogP contribution in [0.4, 0.5) is 5.69 Å². The topological polar surface area (TPSA) is 51.1 Å². The Bertz CT molecular complexity index is 590. The minimum Gasteiger partial charge on any atom is -0.508 e. The van der Waals surface area contributed by atoms with Crippen LogP contribution in [0.3, 0.4) is 0 Å². The van der Waals surface area contributed by atoms with Gasteiger partial charge in [0.25, 0.3) is 0 Å². The standard InChI is InChI=1S/C14H11NO3/c16-12-4-2-11(3-5-12)15-8-10-1-6-13-14(7-10)18-9-17-13/h1-8,16H,9H2. The number of ether oxygens (including phenoxy) is 2. The second kappa shape index (κ2) is 4.41. The number of phenols is 1. The highest BCUT2D eigenvalue weighted by molar-refractivity contribution is 5.83. The van der Waals surface area contributed by atoms with Crippen LogP contribution in [0.25, 0.3) is 0 Å². The summed E-state index contributed by atoms with van der Waals surface area (Å²) in [6.07, 6.45) is 1.74. The van der Waals surface area contributed by atoms with Crippen molar-refractivity contribution in [3.05, 3.63) is 48.0 Å². The van der Waals surface area contributed by atoms with Gasteiger partial charge in [-0.3, -0.25) is 4.99 Å². The summed E-state index contributed by atoms with van der Waals surface area (Å²) in [7, 11) is 0. The Balaban J connectivity index is 1.82. The van der Waals surface area contributed by atoms with Crippen molar-refractivity contribution < 1.29 is 14.6 Å². The molecule has 0 aromatic heterocycles. The van der Waals surface area contributed by atoms with Crippen molar-refractivity contribution in [1.29, 1.82) is 0 Å². The first kappa shape index (κ1) is 10.7. The molecule has 0 saturated carbocycles. The third kappa shape index (κ3) is 2.13. The van der Waals surface area contributed by atoms with Gasteiger partial charge in [0, 0.05) is 6.21 Å². The van der Waals surface area contributed by atoms with Crippen molar-refractivity contribution >= 4 is 11.9 Å². The third-order valence-electron chi connectivity index (χ3n) is 2.61. The molecule has 1 aliphatic heterocycles. The number of benzene rings is 2. The molecule has 0 unspecified atom stereocenters. The number of rotatable bonds is 2. The molecule has 4 nitrogen and oxygen atoms in total. The summed E-state index contributed by atoms with van der Waals surface area (Å²) >= 11 is 0. The maximum Gasteiger partial charge on any atom is 0.231 e. The predicted octanol–water partition coefficient (Wildman–Crippen LogP) is 2.87. The Morgan fingerprint density at radius 3 is 2.61 bits per heavy atom. The Morgan fingerprint density at radius 1 is 1.00 bits per heavy atom. The molecule has 1 N–H and O–H groups in total. The van der Waals surface area contributed by atoms with Crippen molar-refractivity contribution in [3.8, 4) is 17.2 Å². The Morgan fingerprint density at radius 2 is 1.78 bits per heavy atom. The first-order valence-electron chi connectivity index (χ1n) is 5.54. The van der Waals surface area contributed by atoms with Crippen molar-refractivity contribution in [1.82, 2.24) is 0 Å². The van der Waals surface area contributed by atoms with Gasteiger partial charge in [0.2, 0.25) is 6.79 Å². The van der Waals surface area contributed by atoms with Gasteiger partial charge in [-0.2, -0.15) is 0 Å². The van der Waals surface area contributed by atoms with Gasteiger partial charge in [0.1, 0.15) is 5.75 Å². The van der Waals surface area contributed by atoms with E-state index >= 15 is 0 Å². The fourth-order valence-corrected chi connectivity index (χ4v) is 1.68. The van der Waals surface area contributed by atoms with Crippen molar-refractivity contribution in [2.45, 2.75) is 0 Å². The van der Waals surface area contributed by atoms with Gasteiger partial charge in [-0.25, -0.2) is 0 Å². The molecule has 0 spiro atoms. The van der Waals surface area contributed by atoms with E-state index in [4.69, 9.17) is 14.6 Å². The molecule has 1 heterocycles. The lowest BCUT2D eigenvalue weighted by Gasteiger charge is -1.97. The van der Waals surface area contributed by atoms with Crippen molar-refractivity contribution in [3.63, 3.8) is 0 Å². The van der Waals surface area contributed by atoms with Crippen LogP contribution in [0.15, 0.2) is 47.5 Å². The predicted molar refractivity (Wildman–Crippen MR) is 67.9 cm³/mol. The number of nitrogens with zero attached hydrogens (tertiary/aromatic N) is 1. The maximum atomic E-state index is 9.17. The highest BCUT2D eigenvalue weighted by Gasteiger charge is 2.12. The van der Waals surface area contributed by atoms with Crippen LogP contribution in [0.1, 0.15) is 5.56 Å². The molecule has 0 bridgehead atoms. The minimum absolute atomic E-state index is 0.233. The summed E-state index contributed by atoms with van der Waals surface area (Å²) in [5, 5.41) is 9.17. The zero-order valence-corrected chi connectivity index (χ0v) is 9.54. The summed E-state index contributed by atoms with van der Waals surface area (Å²) in [4.78, 5) is 4.31. The normalized spacial score (nSPS) is 13.1. The average molecular weight is 241 g/mol. The molecular weight excluding hydrogens is 230 g/mol. The summed E-state index contributed by atoms with van der Waals surface area (Å²) in [5.74, 6) is 1.73. The molecule has 2 aromatic rings. The number of aliphatic imine (C=N–C) groups is 1. The lowest BCUT2D eigenvalue weighted by atomic mass is 10.2. The number of hydrogen-bond acceptors (Lipinski definition) is 4. The van der Waals surface area contributed by atoms with Crippen LogP contribution in [-0.2, 0) is 0 Å². The molecule has 2 aromatic carbocycles. The smallest absolute Gasteiger partial charge is 0.231 e. The van der Waals surface area contributed by atoms with Crippen LogP contribution in [0.2, 0.25) is 0 Å². The Hall–Kier alpha value is -2.49. The second-order valence-electron chi connectivity index (χ2n) is 3.89. The van der Waals surface area contributed by atoms with Gasteiger partial charge >= 0.3 is 0 Å². The summed E-state index contributed by atoms with van der Waals surface area (Å²) in [6.45, 7) is 0.272. The lowest BCUT2D eigenvalue weighted by molar-refractivity contribution is 0.174. The van der Waals surface area contributed by atoms with Gasteiger partial charge in [-0.1, -0.05) is 0 Å². The molecule has 18 heavy (non-hydrogen) atoms. The van der Waals surface area contributed by atoms with E-state index in [-0.39, 0.29) is 12.5 Å². The van der Waals surface area contributed by atoms with Gasteiger partial charge in [-0.05, 0) is 48.0 Å². The molecule has 0 amide bonds. The number of hydrogen-bond donors (Lipinski definition) is 1. The van der Waals surface area contributed by atoms with Crippen LogP contribution < -0.4 is 9.47 Å². The van der Waals surface area contributed by atoms with Gasteiger partial charge in [-0.15, -0.1) is 0 Å². The van der Waals surface area contributed by atoms with E-state index in [1.165, 1.54) is 0 Å². The number of phenolic OH excluding ortho intramolecular Hbond substituents is 1. The maximum absolute atomic E-state index is 9.17. The van der Waals surface area contributed by atoms with Gasteiger partial charge in [0.05, 0.1) is 5.69 Å². The second-order valence-corrected chi connectivity index (χ2v) is 3.89. The first-order valence-corrected chi connectivity index (χ1v) is 5.54. The molecule has 3 rings (SSSR count). The average Bonchev–Trinajstić information content (AvgIpc) is 2.85. The highest BCUT2D eigenvalue weighted by atomic mass is 16.7. The van der Waals surface area contributed by atoms with E-state index in [1.54, 1.807) is 30.5 Å². The number of aromatic hydroxyl groups is 1. The lowest BCUT2D eigenvalue weighted by Crippen LogP contribution is -1.92. The monoisotopic (exact) mass is 241 g/mol. The van der Waals surface area contributed by atoms with E-state index in [9.17, 15) is 0 Å². The molecule has 90 valence electrons. The fourth-order valence-electron chi connectivity index (χ4n) is 1.68. The number of fused-ring (bicyclic) bond motifs is 1. The van der Waals surface area contributed by atoms with E-state index in [0.717, 1.165) is 22.7 Å². The molecule has 0 atom stereocenters. The van der Waals surface area contributed by atoms with Crippen LogP contribution >= 0.6 is 0 Å². The zero-order valence-electron chi connectivity index (χ0n) is 9.54. The minimum atomic E-state index is 0.233. The zero-order chi connectivity index (χ0) is 12.4. The third-order valence-corrected chi connectivity index (χ3v) is 2.61. The van der Waals surface area contributed by atoms with Gasteiger partial charge < -0.3 is 14.6 Å². The molecule has 0 saturated heterocycles.